The van der Waals surface area contributed by atoms with Crippen LogP contribution >= 0.6 is 0 Å². The molecule has 0 spiro atoms. The molecule has 0 atom stereocenters. The summed E-state index contributed by atoms with van der Waals surface area (Å²) in [4.78, 5) is 0. The molecule has 0 unspecified atom stereocenters. The summed E-state index contributed by atoms with van der Waals surface area (Å²) < 4.78 is 40.0. The molecule has 1 heterocycles. The van der Waals surface area contributed by atoms with Gasteiger partial charge in [-0.15, -0.1) is 0 Å². The molecule has 0 saturated carbocycles. The van der Waals surface area contributed by atoms with Gasteiger partial charge in [-0.1, -0.05) is 18.2 Å². The van der Waals surface area contributed by atoms with Gasteiger partial charge in [0.15, 0.2) is 0 Å². The predicted octanol–water partition coefficient (Wildman–Crippen LogP) is 1.04. The van der Waals surface area contributed by atoms with E-state index in [9.17, 15) is 12.8 Å². The Kier molecular flexibility index (Phi) is 4.90. The monoisotopic (exact) mass is 286 g/mol. The summed E-state index contributed by atoms with van der Waals surface area (Å²) in [7, 11) is -3.28. The van der Waals surface area contributed by atoms with Gasteiger partial charge in [-0.3, -0.25) is 0 Å². The van der Waals surface area contributed by atoms with Gasteiger partial charge in [-0.25, -0.2) is 17.5 Å². The molecule has 1 fully saturated rings. The third kappa shape index (κ3) is 3.99. The zero-order chi connectivity index (χ0) is 13.7. The lowest BCUT2D eigenvalue weighted by Crippen LogP contribution is -2.42. The molecule has 0 amide bonds. The van der Waals surface area contributed by atoms with Crippen LogP contribution in [0.15, 0.2) is 24.3 Å². The Morgan fingerprint density at radius 2 is 1.95 bits per heavy atom. The van der Waals surface area contributed by atoms with Crippen LogP contribution in [-0.4, -0.2) is 33.3 Å². The van der Waals surface area contributed by atoms with Gasteiger partial charge in [0.1, 0.15) is 5.82 Å². The summed E-state index contributed by atoms with van der Waals surface area (Å²) in [5.41, 5.74) is 0.538. The molecule has 4 nitrogen and oxygen atoms in total. The number of benzene rings is 1. The van der Waals surface area contributed by atoms with Crippen molar-refractivity contribution in [3.63, 3.8) is 0 Å². The zero-order valence-electron chi connectivity index (χ0n) is 10.7. The van der Waals surface area contributed by atoms with E-state index in [2.05, 4.69) is 10.0 Å². The van der Waals surface area contributed by atoms with Gasteiger partial charge >= 0.3 is 0 Å². The summed E-state index contributed by atoms with van der Waals surface area (Å²) in [6, 6.07) is 6.43. The SMILES string of the molecule is O=S(=O)(NCCc1ccccc1F)C1CCNCC1. The molecule has 0 aliphatic carbocycles. The molecule has 1 saturated heterocycles. The van der Waals surface area contributed by atoms with Crippen molar-refractivity contribution in [3.8, 4) is 0 Å². The van der Waals surface area contributed by atoms with Crippen molar-refractivity contribution in [2.24, 2.45) is 0 Å². The van der Waals surface area contributed by atoms with Crippen LogP contribution in [0.2, 0.25) is 0 Å². The average Bonchev–Trinajstić information content (AvgIpc) is 2.42. The number of rotatable bonds is 5. The molecule has 1 aromatic carbocycles. The Morgan fingerprint density at radius 1 is 1.26 bits per heavy atom. The molecule has 1 aromatic rings. The van der Waals surface area contributed by atoms with Gasteiger partial charge in [-0.2, -0.15) is 0 Å². The van der Waals surface area contributed by atoms with Gasteiger partial charge in [0.2, 0.25) is 10.0 Å². The maximum absolute atomic E-state index is 13.4. The molecule has 19 heavy (non-hydrogen) atoms. The normalized spacial score (nSPS) is 17.5. The molecule has 0 radical (unpaired) electrons. The molecule has 0 aromatic heterocycles. The summed E-state index contributed by atoms with van der Waals surface area (Å²) >= 11 is 0. The van der Waals surface area contributed by atoms with Crippen molar-refractivity contribution in [2.75, 3.05) is 19.6 Å². The molecule has 2 N–H and O–H groups in total. The first kappa shape index (κ1) is 14.4. The van der Waals surface area contributed by atoms with Crippen LogP contribution in [0.25, 0.3) is 0 Å². The smallest absolute Gasteiger partial charge is 0.214 e. The number of sulfonamides is 1. The minimum atomic E-state index is -3.28. The highest BCUT2D eigenvalue weighted by Gasteiger charge is 2.26. The number of nitrogens with one attached hydrogen (secondary N) is 2. The number of hydrogen-bond acceptors (Lipinski definition) is 3. The number of halogens is 1. The van der Waals surface area contributed by atoms with Crippen LogP contribution < -0.4 is 10.0 Å². The highest BCUT2D eigenvalue weighted by Crippen LogP contribution is 2.12. The van der Waals surface area contributed by atoms with E-state index >= 15 is 0 Å². The topological polar surface area (TPSA) is 58.2 Å². The molecule has 1 aliphatic heterocycles. The predicted molar refractivity (Wildman–Crippen MR) is 72.9 cm³/mol. The fourth-order valence-corrected chi connectivity index (χ4v) is 3.73. The lowest BCUT2D eigenvalue weighted by atomic mass is 10.1. The molecular weight excluding hydrogens is 267 g/mol. The van der Waals surface area contributed by atoms with Gasteiger partial charge in [0.05, 0.1) is 5.25 Å². The third-order valence-electron chi connectivity index (χ3n) is 3.38. The maximum atomic E-state index is 13.4. The standard InChI is InChI=1S/C13H19FN2O2S/c14-13-4-2-1-3-11(13)5-10-16-19(17,18)12-6-8-15-9-7-12/h1-4,12,15-16H,5-10H2. The van der Waals surface area contributed by atoms with E-state index in [0.29, 0.717) is 24.8 Å². The van der Waals surface area contributed by atoms with Crippen molar-refractivity contribution in [1.82, 2.24) is 10.0 Å². The highest BCUT2D eigenvalue weighted by molar-refractivity contribution is 7.90. The van der Waals surface area contributed by atoms with Gasteiger partial charge in [-0.05, 0) is 44.0 Å². The van der Waals surface area contributed by atoms with Crippen LogP contribution in [0.4, 0.5) is 4.39 Å². The lowest BCUT2D eigenvalue weighted by molar-refractivity contribution is 0.489. The summed E-state index contributed by atoms with van der Waals surface area (Å²) in [6.45, 7) is 1.71. The number of hydrogen-bond donors (Lipinski definition) is 2. The van der Waals surface area contributed by atoms with Gasteiger partial charge < -0.3 is 5.32 Å². The van der Waals surface area contributed by atoms with Crippen molar-refractivity contribution in [2.45, 2.75) is 24.5 Å². The van der Waals surface area contributed by atoms with Crippen molar-refractivity contribution in [3.05, 3.63) is 35.6 Å². The fourth-order valence-electron chi connectivity index (χ4n) is 2.25. The van der Waals surface area contributed by atoms with E-state index in [1.807, 2.05) is 0 Å². The van der Waals surface area contributed by atoms with E-state index in [0.717, 1.165) is 13.1 Å². The molecule has 6 heteroatoms. The molecular formula is C13H19FN2O2S. The third-order valence-corrected chi connectivity index (χ3v) is 5.34. The molecule has 1 aliphatic rings. The second-order valence-electron chi connectivity index (χ2n) is 4.73. The van der Waals surface area contributed by atoms with Crippen LogP contribution in [0.3, 0.4) is 0 Å². The van der Waals surface area contributed by atoms with E-state index in [1.54, 1.807) is 18.2 Å². The van der Waals surface area contributed by atoms with Crippen LogP contribution in [0, 0.1) is 5.82 Å². The highest BCUT2D eigenvalue weighted by atomic mass is 32.2. The van der Waals surface area contributed by atoms with Crippen molar-refractivity contribution < 1.29 is 12.8 Å². The molecule has 0 bridgehead atoms. The number of piperidine rings is 1. The first-order chi connectivity index (χ1) is 9.09. The van der Waals surface area contributed by atoms with Crippen LogP contribution in [-0.2, 0) is 16.4 Å². The Morgan fingerprint density at radius 3 is 2.63 bits per heavy atom. The molecule has 106 valence electrons. The second-order valence-corrected chi connectivity index (χ2v) is 6.78. The fraction of sp³-hybridized carbons (Fsp3) is 0.538. The Balaban J connectivity index is 1.86. The van der Waals surface area contributed by atoms with E-state index in [4.69, 9.17) is 0 Å². The van der Waals surface area contributed by atoms with E-state index < -0.39 is 10.0 Å². The lowest BCUT2D eigenvalue weighted by Gasteiger charge is -2.22. The van der Waals surface area contributed by atoms with E-state index in [-0.39, 0.29) is 17.6 Å². The van der Waals surface area contributed by atoms with Crippen molar-refractivity contribution in [1.29, 1.82) is 0 Å². The summed E-state index contributed by atoms with van der Waals surface area (Å²) in [6.07, 6.45) is 1.64. The Hall–Kier alpha value is -0.980. The van der Waals surface area contributed by atoms with Crippen LogP contribution in [0.1, 0.15) is 18.4 Å². The van der Waals surface area contributed by atoms with Crippen molar-refractivity contribution >= 4 is 10.0 Å². The van der Waals surface area contributed by atoms with Crippen LogP contribution in [0.5, 0.6) is 0 Å². The van der Waals surface area contributed by atoms with E-state index in [1.165, 1.54) is 6.07 Å². The summed E-state index contributed by atoms with van der Waals surface area (Å²) in [5, 5.41) is 2.81. The van der Waals surface area contributed by atoms with Gasteiger partial charge in [0.25, 0.3) is 0 Å². The molecule has 2 rings (SSSR count). The first-order valence-electron chi connectivity index (χ1n) is 6.52. The minimum absolute atomic E-state index is 0.243. The maximum Gasteiger partial charge on any atom is 0.214 e. The van der Waals surface area contributed by atoms with Gasteiger partial charge in [0, 0.05) is 6.54 Å². The quantitative estimate of drug-likeness (QED) is 0.850. The second kappa shape index (κ2) is 6.45. The Labute approximate surface area is 113 Å². The summed E-state index contributed by atoms with van der Waals surface area (Å²) in [5.74, 6) is -0.288. The average molecular weight is 286 g/mol. The minimum Gasteiger partial charge on any atom is -0.317 e. The first-order valence-corrected chi connectivity index (χ1v) is 8.07. The Bertz CT molecular complexity index is 513. The zero-order valence-corrected chi connectivity index (χ0v) is 11.5. The largest absolute Gasteiger partial charge is 0.317 e.